The molecule has 0 unspecified atom stereocenters. The SMILES string of the molecule is CC(/C=C/C=C(\C)c1ccc2c(c1)N(C(C)C)CCC2)=C\C(=O)O. The lowest BCUT2D eigenvalue weighted by Crippen LogP contribution is -2.35. The molecule has 1 heterocycles. The van der Waals surface area contributed by atoms with E-state index in [1.165, 1.54) is 34.9 Å². The van der Waals surface area contributed by atoms with Crippen molar-refractivity contribution in [1.82, 2.24) is 0 Å². The second-order valence-corrected chi connectivity index (χ2v) is 6.67. The Hall–Kier alpha value is -2.29. The Morgan fingerprint density at radius 2 is 2.04 bits per heavy atom. The highest BCUT2D eigenvalue weighted by molar-refractivity contribution is 5.81. The van der Waals surface area contributed by atoms with Gasteiger partial charge in [0.2, 0.25) is 0 Å². The van der Waals surface area contributed by atoms with Crippen LogP contribution in [0.1, 0.15) is 45.2 Å². The molecule has 24 heavy (non-hydrogen) atoms. The molecule has 0 fully saturated rings. The number of fused-ring (bicyclic) bond motifs is 1. The maximum atomic E-state index is 10.6. The van der Waals surface area contributed by atoms with E-state index in [2.05, 4.69) is 43.9 Å². The molecule has 0 saturated heterocycles. The maximum absolute atomic E-state index is 10.6. The highest BCUT2D eigenvalue weighted by Crippen LogP contribution is 2.31. The summed E-state index contributed by atoms with van der Waals surface area (Å²) in [5, 5.41) is 8.72. The second kappa shape index (κ2) is 8.00. The van der Waals surface area contributed by atoms with Crippen LogP contribution in [0.5, 0.6) is 0 Å². The third-order valence-electron chi connectivity index (χ3n) is 4.38. The van der Waals surface area contributed by atoms with Gasteiger partial charge < -0.3 is 10.0 Å². The molecule has 1 aromatic rings. The summed E-state index contributed by atoms with van der Waals surface area (Å²) in [4.78, 5) is 13.1. The van der Waals surface area contributed by atoms with Crippen LogP contribution in [0, 0.1) is 0 Å². The molecular weight excluding hydrogens is 298 g/mol. The fourth-order valence-electron chi connectivity index (χ4n) is 3.07. The molecule has 1 aliphatic rings. The maximum Gasteiger partial charge on any atom is 0.328 e. The van der Waals surface area contributed by atoms with Crippen molar-refractivity contribution in [2.75, 3.05) is 11.4 Å². The van der Waals surface area contributed by atoms with Gasteiger partial charge in [-0.15, -0.1) is 0 Å². The van der Waals surface area contributed by atoms with Crippen LogP contribution in [-0.2, 0) is 11.2 Å². The van der Waals surface area contributed by atoms with E-state index in [1.54, 1.807) is 6.92 Å². The number of benzene rings is 1. The molecule has 1 aromatic carbocycles. The van der Waals surface area contributed by atoms with Gasteiger partial charge in [-0.1, -0.05) is 30.4 Å². The minimum atomic E-state index is -0.915. The fourth-order valence-corrected chi connectivity index (χ4v) is 3.07. The zero-order valence-corrected chi connectivity index (χ0v) is 15.0. The van der Waals surface area contributed by atoms with Crippen molar-refractivity contribution in [3.63, 3.8) is 0 Å². The average molecular weight is 325 g/mol. The lowest BCUT2D eigenvalue weighted by atomic mass is 9.96. The van der Waals surface area contributed by atoms with Crippen LogP contribution in [-0.4, -0.2) is 23.7 Å². The molecule has 0 spiro atoms. The van der Waals surface area contributed by atoms with Crippen molar-refractivity contribution >= 4 is 17.2 Å². The summed E-state index contributed by atoms with van der Waals surface area (Å²) in [5.41, 5.74) is 5.90. The minimum absolute atomic E-state index is 0.507. The lowest BCUT2D eigenvalue weighted by Gasteiger charge is -2.35. The molecule has 0 radical (unpaired) electrons. The number of aryl methyl sites for hydroxylation is 1. The third kappa shape index (κ3) is 4.60. The summed E-state index contributed by atoms with van der Waals surface area (Å²) in [6, 6.07) is 7.22. The summed E-state index contributed by atoms with van der Waals surface area (Å²) in [6.07, 6.45) is 9.33. The first kappa shape index (κ1) is 18.1. The summed E-state index contributed by atoms with van der Waals surface area (Å²) >= 11 is 0. The summed E-state index contributed by atoms with van der Waals surface area (Å²) in [6.45, 7) is 9.48. The van der Waals surface area contributed by atoms with E-state index in [0.717, 1.165) is 18.5 Å². The molecule has 0 amide bonds. The number of anilines is 1. The Bertz CT molecular complexity index is 696. The molecule has 128 valence electrons. The van der Waals surface area contributed by atoms with Gasteiger partial charge in [0.25, 0.3) is 0 Å². The Morgan fingerprint density at radius 1 is 1.29 bits per heavy atom. The van der Waals surface area contributed by atoms with Crippen molar-refractivity contribution in [3.05, 3.63) is 59.2 Å². The smallest absolute Gasteiger partial charge is 0.328 e. The van der Waals surface area contributed by atoms with E-state index in [0.29, 0.717) is 6.04 Å². The van der Waals surface area contributed by atoms with E-state index in [1.807, 2.05) is 18.2 Å². The number of aliphatic carboxylic acids is 1. The number of carboxylic acid groups (broad SMARTS) is 1. The van der Waals surface area contributed by atoms with Gasteiger partial charge in [0.15, 0.2) is 0 Å². The van der Waals surface area contributed by atoms with E-state index >= 15 is 0 Å². The largest absolute Gasteiger partial charge is 0.478 e. The van der Waals surface area contributed by atoms with Gasteiger partial charge in [0.05, 0.1) is 0 Å². The van der Waals surface area contributed by atoms with Crippen LogP contribution in [0.4, 0.5) is 5.69 Å². The molecule has 1 aliphatic heterocycles. The highest BCUT2D eigenvalue weighted by atomic mass is 16.4. The number of allylic oxidation sites excluding steroid dienone is 5. The van der Waals surface area contributed by atoms with Crippen LogP contribution >= 0.6 is 0 Å². The second-order valence-electron chi connectivity index (χ2n) is 6.67. The number of carbonyl (C=O) groups is 1. The first-order chi connectivity index (χ1) is 11.4. The van der Waals surface area contributed by atoms with E-state index in [9.17, 15) is 4.79 Å². The molecule has 0 aromatic heterocycles. The highest BCUT2D eigenvalue weighted by Gasteiger charge is 2.19. The lowest BCUT2D eigenvalue weighted by molar-refractivity contribution is -0.131. The van der Waals surface area contributed by atoms with E-state index < -0.39 is 5.97 Å². The van der Waals surface area contributed by atoms with Crippen LogP contribution in [0.3, 0.4) is 0 Å². The van der Waals surface area contributed by atoms with Crippen molar-refractivity contribution in [2.24, 2.45) is 0 Å². The van der Waals surface area contributed by atoms with Crippen LogP contribution in [0.25, 0.3) is 5.57 Å². The number of hydrogen-bond donors (Lipinski definition) is 1. The molecule has 0 bridgehead atoms. The topological polar surface area (TPSA) is 40.5 Å². The van der Waals surface area contributed by atoms with Crippen molar-refractivity contribution in [1.29, 1.82) is 0 Å². The van der Waals surface area contributed by atoms with Crippen molar-refractivity contribution in [2.45, 2.75) is 46.6 Å². The predicted molar refractivity (Wildman–Crippen MR) is 101 cm³/mol. The Labute approximate surface area is 145 Å². The van der Waals surface area contributed by atoms with Gasteiger partial charge in [-0.2, -0.15) is 0 Å². The van der Waals surface area contributed by atoms with Crippen LogP contribution < -0.4 is 4.90 Å². The summed E-state index contributed by atoms with van der Waals surface area (Å²) < 4.78 is 0. The molecule has 0 aliphatic carbocycles. The standard InChI is InChI=1S/C21H27NO2/c1-15(2)22-12-6-9-18-10-11-19(14-20(18)22)17(4)8-5-7-16(3)13-21(23)24/h5,7-8,10-11,13-15H,6,9,12H2,1-4H3,(H,23,24)/b7-5+,16-13+,17-8+. The average Bonchev–Trinajstić information content (AvgIpc) is 2.52. The summed E-state index contributed by atoms with van der Waals surface area (Å²) in [7, 11) is 0. The first-order valence-corrected chi connectivity index (χ1v) is 8.54. The Balaban J connectivity index is 2.23. The Kier molecular flexibility index (Phi) is 6.02. The third-order valence-corrected chi connectivity index (χ3v) is 4.38. The summed E-state index contributed by atoms with van der Waals surface area (Å²) in [5.74, 6) is -0.915. The molecule has 3 heteroatoms. The Morgan fingerprint density at radius 3 is 2.71 bits per heavy atom. The van der Waals surface area contributed by atoms with Crippen molar-refractivity contribution < 1.29 is 9.90 Å². The molecule has 0 atom stereocenters. The van der Waals surface area contributed by atoms with Gasteiger partial charge >= 0.3 is 5.97 Å². The van der Waals surface area contributed by atoms with Crippen LogP contribution in [0.15, 0.2) is 48.1 Å². The van der Waals surface area contributed by atoms with E-state index in [-0.39, 0.29) is 0 Å². The number of nitrogens with zero attached hydrogens (tertiary/aromatic N) is 1. The zero-order chi connectivity index (χ0) is 17.7. The fraction of sp³-hybridized carbons (Fsp3) is 0.381. The van der Waals surface area contributed by atoms with Crippen LogP contribution in [0.2, 0.25) is 0 Å². The first-order valence-electron chi connectivity index (χ1n) is 8.54. The number of hydrogen-bond acceptors (Lipinski definition) is 2. The quantitative estimate of drug-likeness (QED) is 0.622. The predicted octanol–water partition coefficient (Wildman–Crippen LogP) is 4.84. The minimum Gasteiger partial charge on any atom is -0.478 e. The molecule has 0 saturated carbocycles. The molecule has 3 nitrogen and oxygen atoms in total. The molecule has 1 N–H and O–H groups in total. The van der Waals surface area contributed by atoms with Gasteiger partial charge in [-0.05, 0) is 68.9 Å². The zero-order valence-electron chi connectivity index (χ0n) is 15.0. The van der Waals surface area contributed by atoms with Gasteiger partial charge in [-0.3, -0.25) is 0 Å². The monoisotopic (exact) mass is 325 g/mol. The molecular formula is C21H27NO2. The van der Waals surface area contributed by atoms with Gasteiger partial charge in [-0.25, -0.2) is 4.79 Å². The normalized spacial score (nSPS) is 16.0. The van der Waals surface area contributed by atoms with Gasteiger partial charge in [0, 0.05) is 24.4 Å². The van der Waals surface area contributed by atoms with Crippen molar-refractivity contribution in [3.8, 4) is 0 Å². The van der Waals surface area contributed by atoms with Gasteiger partial charge in [0.1, 0.15) is 0 Å². The van der Waals surface area contributed by atoms with E-state index in [4.69, 9.17) is 5.11 Å². The number of rotatable bonds is 5. The molecule has 2 rings (SSSR count). The number of carboxylic acids is 1.